The number of esters is 1. The molecule has 0 fully saturated rings. The summed E-state index contributed by atoms with van der Waals surface area (Å²) < 4.78 is 5.31. The molecular weight excluding hydrogens is 325 g/mol. The first-order valence-electron chi connectivity index (χ1n) is 4.63. The predicted molar refractivity (Wildman–Crippen MR) is 66.2 cm³/mol. The Hall–Kier alpha value is -1.18. The lowest BCUT2D eigenvalue weighted by Gasteiger charge is -2.02. The van der Waals surface area contributed by atoms with Gasteiger partial charge < -0.3 is 4.74 Å². The van der Waals surface area contributed by atoms with Gasteiger partial charge in [-0.25, -0.2) is 0 Å². The Bertz CT molecular complexity index is 419. The average Bonchev–Trinajstić information content (AvgIpc) is 2.17. The number of nitrogens with zero attached hydrogens (tertiary/aromatic N) is 1. The van der Waals surface area contributed by atoms with Crippen molar-refractivity contribution in [3.05, 3.63) is 37.4 Å². The summed E-state index contributed by atoms with van der Waals surface area (Å²) in [5, 5.41) is 10.6. The summed E-state index contributed by atoms with van der Waals surface area (Å²) in [5.41, 5.74) is 0.765. The molecule has 86 valence electrons. The van der Waals surface area contributed by atoms with Gasteiger partial charge in [0.2, 0.25) is 0 Å². The number of hydrogen-bond acceptors (Lipinski definition) is 4. The summed E-state index contributed by atoms with van der Waals surface area (Å²) in [6.45, 7) is 2.07. The van der Waals surface area contributed by atoms with Crippen LogP contribution in [0.2, 0.25) is 0 Å². The molecule has 0 heterocycles. The highest BCUT2D eigenvalue weighted by Gasteiger charge is 2.13. The highest BCUT2D eigenvalue weighted by Crippen LogP contribution is 2.21. The molecule has 5 nitrogen and oxygen atoms in total. The molecule has 1 rings (SSSR count). The standard InChI is InChI=1S/C10H10INO4/c1-2-16-10(13)6-7-3-4-9(12(14)15)8(11)5-7/h3-5H,2,6H2,1H3. The maximum atomic E-state index is 11.2. The van der Waals surface area contributed by atoms with Crippen molar-refractivity contribution < 1.29 is 14.5 Å². The molecule has 0 amide bonds. The third kappa shape index (κ3) is 3.44. The monoisotopic (exact) mass is 335 g/mol. The van der Waals surface area contributed by atoms with E-state index >= 15 is 0 Å². The van der Waals surface area contributed by atoms with Crippen LogP contribution in [0.5, 0.6) is 0 Å². The Labute approximate surface area is 106 Å². The SMILES string of the molecule is CCOC(=O)Cc1ccc([N+](=O)[O-])c(I)c1. The molecule has 0 aliphatic carbocycles. The van der Waals surface area contributed by atoms with Gasteiger partial charge in [0.25, 0.3) is 5.69 Å². The maximum absolute atomic E-state index is 11.2. The maximum Gasteiger partial charge on any atom is 0.310 e. The van der Waals surface area contributed by atoms with Gasteiger partial charge in [-0.15, -0.1) is 0 Å². The summed E-state index contributed by atoms with van der Waals surface area (Å²) in [7, 11) is 0. The van der Waals surface area contributed by atoms with Crippen LogP contribution < -0.4 is 0 Å². The quantitative estimate of drug-likeness (QED) is 0.366. The van der Waals surface area contributed by atoms with Crippen molar-refractivity contribution in [2.75, 3.05) is 6.61 Å². The zero-order chi connectivity index (χ0) is 12.1. The van der Waals surface area contributed by atoms with Crippen LogP contribution in [-0.2, 0) is 16.0 Å². The summed E-state index contributed by atoms with van der Waals surface area (Å²) in [6, 6.07) is 4.59. The largest absolute Gasteiger partial charge is 0.466 e. The van der Waals surface area contributed by atoms with Gasteiger partial charge in [-0.05, 0) is 41.1 Å². The van der Waals surface area contributed by atoms with Crippen LogP contribution in [0.15, 0.2) is 18.2 Å². The van der Waals surface area contributed by atoms with Crippen LogP contribution in [0.4, 0.5) is 5.69 Å². The van der Waals surface area contributed by atoms with E-state index in [9.17, 15) is 14.9 Å². The molecule has 6 heteroatoms. The van der Waals surface area contributed by atoms with Crippen LogP contribution in [0.3, 0.4) is 0 Å². The fourth-order valence-electron chi connectivity index (χ4n) is 1.19. The Balaban J connectivity index is 2.81. The highest BCUT2D eigenvalue weighted by molar-refractivity contribution is 14.1. The second-order valence-electron chi connectivity index (χ2n) is 3.02. The summed E-state index contributed by atoms with van der Waals surface area (Å²) in [4.78, 5) is 21.3. The smallest absolute Gasteiger partial charge is 0.310 e. The predicted octanol–water partition coefficient (Wildman–Crippen LogP) is 2.31. The van der Waals surface area contributed by atoms with Crippen LogP contribution >= 0.6 is 22.6 Å². The van der Waals surface area contributed by atoms with E-state index in [0.29, 0.717) is 15.7 Å². The molecule has 0 aliphatic rings. The Morgan fingerprint density at radius 2 is 2.25 bits per heavy atom. The van der Waals surface area contributed by atoms with Gasteiger partial charge in [0, 0.05) is 6.07 Å². The number of rotatable bonds is 4. The Kier molecular flexibility index (Phi) is 4.66. The minimum atomic E-state index is -0.448. The van der Waals surface area contributed by atoms with Crippen molar-refractivity contribution >= 4 is 34.2 Å². The molecule has 0 radical (unpaired) electrons. The van der Waals surface area contributed by atoms with Crippen LogP contribution in [-0.4, -0.2) is 17.5 Å². The average molecular weight is 335 g/mol. The summed E-state index contributed by atoms with van der Waals surface area (Å²) in [5.74, 6) is -0.327. The minimum Gasteiger partial charge on any atom is -0.466 e. The van der Waals surface area contributed by atoms with Crippen LogP contribution in [0, 0.1) is 13.7 Å². The molecule has 1 aromatic carbocycles. The fourth-order valence-corrected chi connectivity index (χ4v) is 1.96. The van der Waals surface area contributed by atoms with E-state index in [-0.39, 0.29) is 18.1 Å². The highest BCUT2D eigenvalue weighted by atomic mass is 127. The molecule has 0 aliphatic heterocycles. The number of nitro benzene ring substituents is 1. The first-order chi connectivity index (χ1) is 7.54. The number of carbonyl (C=O) groups is 1. The molecule has 0 atom stereocenters. The third-order valence-corrected chi connectivity index (χ3v) is 2.73. The minimum absolute atomic E-state index is 0.0493. The number of ether oxygens (including phenoxy) is 1. The van der Waals surface area contributed by atoms with E-state index in [1.54, 1.807) is 19.1 Å². The van der Waals surface area contributed by atoms with Crippen molar-refractivity contribution in [3.63, 3.8) is 0 Å². The molecular formula is C10H10INO4. The molecule has 0 saturated carbocycles. The van der Waals surface area contributed by atoms with Crippen molar-refractivity contribution in [2.45, 2.75) is 13.3 Å². The molecule has 1 aromatic rings. The van der Waals surface area contributed by atoms with Crippen molar-refractivity contribution in [1.29, 1.82) is 0 Å². The molecule has 0 unspecified atom stereocenters. The second-order valence-corrected chi connectivity index (χ2v) is 4.19. The Morgan fingerprint density at radius 1 is 1.56 bits per heavy atom. The number of hydrogen-bond donors (Lipinski definition) is 0. The van der Waals surface area contributed by atoms with E-state index in [4.69, 9.17) is 4.74 Å². The van der Waals surface area contributed by atoms with Gasteiger partial charge in [0.05, 0.1) is 21.5 Å². The van der Waals surface area contributed by atoms with Gasteiger partial charge in [0.1, 0.15) is 0 Å². The zero-order valence-electron chi connectivity index (χ0n) is 8.60. The first-order valence-corrected chi connectivity index (χ1v) is 5.71. The number of carbonyl (C=O) groups excluding carboxylic acids is 1. The lowest BCUT2D eigenvalue weighted by Crippen LogP contribution is -2.07. The molecule has 0 aromatic heterocycles. The van der Waals surface area contributed by atoms with E-state index in [1.807, 2.05) is 22.6 Å². The first kappa shape index (κ1) is 12.9. The zero-order valence-corrected chi connectivity index (χ0v) is 10.8. The van der Waals surface area contributed by atoms with E-state index in [2.05, 4.69) is 0 Å². The number of halogens is 1. The lowest BCUT2D eigenvalue weighted by molar-refractivity contribution is -0.385. The molecule has 0 spiro atoms. The van der Waals surface area contributed by atoms with Gasteiger partial charge in [-0.2, -0.15) is 0 Å². The van der Waals surface area contributed by atoms with Crippen molar-refractivity contribution in [1.82, 2.24) is 0 Å². The van der Waals surface area contributed by atoms with Gasteiger partial charge >= 0.3 is 5.97 Å². The fraction of sp³-hybridized carbons (Fsp3) is 0.300. The topological polar surface area (TPSA) is 69.4 Å². The lowest BCUT2D eigenvalue weighted by atomic mass is 10.1. The van der Waals surface area contributed by atoms with Crippen molar-refractivity contribution in [2.24, 2.45) is 0 Å². The molecule has 0 N–H and O–H groups in total. The molecule has 0 bridgehead atoms. The van der Waals surface area contributed by atoms with Crippen LogP contribution in [0.25, 0.3) is 0 Å². The van der Waals surface area contributed by atoms with E-state index in [0.717, 1.165) is 0 Å². The Morgan fingerprint density at radius 3 is 2.75 bits per heavy atom. The molecule has 0 saturated heterocycles. The summed E-state index contributed by atoms with van der Waals surface area (Å²) in [6.07, 6.45) is 0.141. The number of nitro groups is 1. The van der Waals surface area contributed by atoms with E-state index < -0.39 is 4.92 Å². The van der Waals surface area contributed by atoms with Gasteiger partial charge in [-0.3, -0.25) is 14.9 Å². The second kappa shape index (κ2) is 5.78. The van der Waals surface area contributed by atoms with Gasteiger partial charge in [-0.1, -0.05) is 6.07 Å². The number of benzene rings is 1. The van der Waals surface area contributed by atoms with Crippen molar-refractivity contribution in [3.8, 4) is 0 Å². The normalized spacial score (nSPS) is 9.88. The summed E-state index contributed by atoms with van der Waals surface area (Å²) >= 11 is 1.88. The van der Waals surface area contributed by atoms with E-state index in [1.165, 1.54) is 6.07 Å². The molecule has 16 heavy (non-hydrogen) atoms. The van der Waals surface area contributed by atoms with Crippen LogP contribution in [0.1, 0.15) is 12.5 Å². The third-order valence-electron chi connectivity index (χ3n) is 1.86. The van der Waals surface area contributed by atoms with Gasteiger partial charge in [0.15, 0.2) is 0 Å².